The van der Waals surface area contributed by atoms with Crippen molar-refractivity contribution >= 4 is 0 Å². The van der Waals surface area contributed by atoms with Gasteiger partial charge in [0.05, 0.1) is 12.2 Å². The molecular formula is C17H33N3O. The van der Waals surface area contributed by atoms with Gasteiger partial charge in [-0.15, -0.1) is 0 Å². The van der Waals surface area contributed by atoms with Crippen LogP contribution in [0.25, 0.3) is 0 Å². The summed E-state index contributed by atoms with van der Waals surface area (Å²) in [6.45, 7) is 12.8. The fourth-order valence-electron chi connectivity index (χ4n) is 4.20. The minimum absolute atomic E-state index is 0.431. The Morgan fingerprint density at radius 1 is 1.14 bits per heavy atom. The normalized spacial score (nSPS) is 38.3. The van der Waals surface area contributed by atoms with E-state index in [0.29, 0.717) is 24.3 Å². The minimum Gasteiger partial charge on any atom is -0.372 e. The first-order valence-corrected chi connectivity index (χ1v) is 8.98. The van der Waals surface area contributed by atoms with Crippen LogP contribution in [0, 0.1) is 0 Å². The molecule has 3 saturated heterocycles. The predicted octanol–water partition coefficient (Wildman–Crippen LogP) is 1.70. The van der Waals surface area contributed by atoms with Gasteiger partial charge >= 0.3 is 0 Å². The van der Waals surface area contributed by atoms with Crippen molar-refractivity contribution in [2.45, 2.75) is 76.8 Å². The lowest BCUT2D eigenvalue weighted by atomic mass is 10.1. The quantitative estimate of drug-likeness (QED) is 0.835. The molecule has 3 fully saturated rings. The minimum atomic E-state index is 0.431. The van der Waals surface area contributed by atoms with Gasteiger partial charge in [-0.3, -0.25) is 9.80 Å². The molecule has 21 heavy (non-hydrogen) atoms. The van der Waals surface area contributed by atoms with E-state index in [1.54, 1.807) is 0 Å². The van der Waals surface area contributed by atoms with E-state index in [1.165, 1.54) is 45.3 Å². The van der Waals surface area contributed by atoms with Gasteiger partial charge in [0, 0.05) is 44.3 Å². The number of piperazine rings is 1. The van der Waals surface area contributed by atoms with Crippen molar-refractivity contribution < 1.29 is 4.74 Å². The van der Waals surface area contributed by atoms with E-state index < -0.39 is 0 Å². The van der Waals surface area contributed by atoms with Gasteiger partial charge in [-0.25, -0.2) is 0 Å². The molecule has 3 rings (SSSR count). The third-order valence-corrected chi connectivity index (χ3v) is 5.45. The summed E-state index contributed by atoms with van der Waals surface area (Å²) in [6, 6.07) is 2.07. The summed E-state index contributed by atoms with van der Waals surface area (Å²) in [5.74, 6) is 0. The van der Waals surface area contributed by atoms with Crippen molar-refractivity contribution in [2.24, 2.45) is 0 Å². The molecule has 0 aromatic carbocycles. The maximum atomic E-state index is 6.26. The first kappa shape index (κ1) is 15.7. The SMILES string of the molecule is CC(C)NCC1CCC(CN2CC3CCCN3CC2C)O1. The van der Waals surface area contributed by atoms with Crippen LogP contribution in [-0.4, -0.2) is 72.9 Å². The first-order chi connectivity index (χ1) is 10.1. The molecule has 4 nitrogen and oxygen atoms in total. The van der Waals surface area contributed by atoms with Gasteiger partial charge in [-0.2, -0.15) is 0 Å². The Morgan fingerprint density at radius 3 is 2.76 bits per heavy atom. The lowest BCUT2D eigenvalue weighted by Gasteiger charge is -2.43. The molecule has 0 bridgehead atoms. The van der Waals surface area contributed by atoms with Crippen molar-refractivity contribution in [3.05, 3.63) is 0 Å². The highest BCUT2D eigenvalue weighted by Crippen LogP contribution is 2.27. The largest absolute Gasteiger partial charge is 0.372 e. The monoisotopic (exact) mass is 295 g/mol. The van der Waals surface area contributed by atoms with Crippen molar-refractivity contribution in [1.29, 1.82) is 0 Å². The first-order valence-electron chi connectivity index (χ1n) is 8.98. The van der Waals surface area contributed by atoms with Crippen molar-refractivity contribution in [3.63, 3.8) is 0 Å². The van der Waals surface area contributed by atoms with Crippen molar-refractivity contribution in [1.82, 2.24) is 15.1 Å². The number of nitrogens with one attached hydrogen (secondary N) is 1. The lowest BCUT2D eigenvalue weighted by Crippen LogP contribution is -2.56. The van der Waals surface area contributed by atoms with Gasteiger partial charge < -0.3 is 10.1 Å². The Hall–Kier alpha value is -0.160. The third kappa shape index (κ3) is 3.98. The summed E-state index contributed by atoms with van der Waals surface area (Å²) >= 11 is 0. The third-order valence-electron chi connectivity index (χ3n) is 5.45. The second kappa shape index (κ2) is 6.95. The molecule has 0 aromatic heterocycles. The zero-order valence-corrected chi connectivity index (χ0v) is 14.1. The average Bonchev–Trinajstić information content (AvgIpc) is 3.06. The van der Waals surface area contributed by atoms with E-state index in [0.717, 1.165) is 19.1 Å². The Kier molecular flexibility index (Phi) is 5.20. The van der Waals surface area contributed by atoms with Crippen LogP contribution >= 0.6 is 0 Å². The lowest BCUT2D eigenvalue weighted by molar-refractivity contribution is -0.0105. The number of rotatable bonds is 5. The molecule has 1 N–H and O–H groups in total. The summed E-state index contributed by atoms with van der Waals surface area (Å²) in [4.78, 5) is 5.39. The van der Waals surface area contributed by atoms with Gasteiger partial charge in [0.15, 0.2) is 0 Å². The van der Waals surface area contributed by atoms with Crippen LogP contribution < -0.4 is 5.32 Å². The van der Waals surface area contributed by atoms with Crippen LogP contribution in [0.4, 0.5) is 0 Å². The molecule has 3 heterocycles. The van der Waals surface area contributed by atoms with Crippen LogP contribution in [0.15, 0.2) is 0 Å². The molecule has 0 radical (unpaired) electrons. The second-order valence-electron chi connectivity index (χ2n) is 7.61. The Balaban J connectivity index is 1.44. The summed E-state index contributed by atoms with van der Waals surface area (Å²) in [7, 11) is 0. The summed E-state index contributed by atoms with van der Waals surface area (Å²) < 4.78 is 6.26. The van der Waals surface area contributed by atoms with E-state index in [2.05, 4.69) is 35.9 Å². The number of nitrogens with zero attached hydrogens (tertiary/aromatic N) is 2. The molecule has 4 heteroatoms. The van der Waals surface area contributed by atoms with Crippen LogP contribution in [0.3, 0.4) is 0 Å². The second-order valence-corrected chi connectivity index (χ2v) is 7.61. The molecule has 3 aliphatic rings. The topological polar surface area (TPSA) is 27.7 Å². The standard InChI is InChI=1S/C17H33N3O/c1-13(2)18-9-16-6-7-17(21-16)12-20-11-15-5-4-8-19(15)10-14(20)3/h13-18H,4-12H2,1-3H3. The molecule has 0 aromatic rings. The zero-order chi connectivity index (χ0) is 14.8. The smallest absolute Gasteiger partial charge is 0.0707 e. The zero-order valence-electron chi connectivity index (χ0n) is 14.1. The Bertz CT molecular complexity index is 336. The molecule has 0 aliphatic carbocycles. The number of hydrogen-bond donors (Lipinski definition) is 1. The highest BCUT2D eigenvalue weighted by molar-refractivity contribution is 4.92. The molecule has 0 amide bonds. The van der Waals surface area contributed by atoms with E-state index in [9.17, 15) is 0 Å². The van der Waals surface area contributed by atoms with Gasteiger partial charge in [0.25, 0.3) is 0 Å². The van der Waals surface area contributed by atoms with Gasteiger partial charge in [-0.05, 0) is 39.2 Å². The highest BCUT2D eigenvalue weighted by atomic mass is 16.5. The van der Waals surface area contributed by atoms with Crippen molar-refractivity contribution in [3.8, 4) is 0 Å². The summed E-state index contributed by atoms with van der Waals surface area (Å²) in [6.07, 6.45) is 6.15. The molecule has 3 aliphatic heterocycles. The molecular weight excluding hydrogens is 262 g/mol. The number of ether oxygens (including phenoxy) is 1. The van der Waals surface area contributed by atoms with Crippen molar-refractivity contribution in [2.75, 3.05) is 32.7 Å². The number of fused-ring (bicyclic) bond motifs is 1. The highest BCUT2D eigenvalue weighted by Gasteiger charge is 2.36. The van der Waals surface area contributed by atoms with Crippen LogP contribution in [0.1, 0.15) is 46.5 Å². The van der Waals surface area contributed by atoms with E-state index in [1.807, 2.05) is 0 Å². The van der Waals surface area contributed by atoms with Crippen LogP contribution in [0.2, 0.25) is 0 Å². The maximum absolute atomic E-state index is 6.26. The number of hydrogen-bond acceptors (Lipinski definition) is 4. The molecule has 4 unspecified atom stereocenters. The van der Waals surface area contributed by atoms with E-state index >= 15 is 0 Å². The van der Waals surface area contributed by atoms with Crippen LogP contribution in [0.5, 0.6) is 0 Å². The van der Waals surface area contributed by atoms with E-state index in [-0.39, 0.29) is 0 Å². The Morgan fingerprint density at radius 2 is 1.95 bits per heavy atom. The van der Waals surface area contributed by atoms with Gasteiger partial charge in [0.1, 0.15) is 0 Å². The summed E-state index contributed by atoms with van der Waals surface area (Å²) in [5.41, 5.74) is 0. The molecule has 4 atom stereocenters. The fourth-order valence-corrected chi connectivity index (χ4v) is 4.20. The van der Waals surface area contributed by atoms with Crippen LogP contribution in [-0.2, 0) is 4.74 Å². The summed E-state index contributed by atoms with van der Waals surface area (Å²) in [5, 5.41) is 3.51. The average molecular weight is 295 g/mol. The van der Waals surface area contributed by atoms with Gasteiger partial charge in [-0.1, -0.05) is 13.8 Å². The maximum Gasteiger partial charge on any atom is 0.0707 e. The Labute approximate surface area is 130 Å². The van der Waals surface area contributed by atoms with Gasteiger partial charge in [0.2, 0.25) is 0 Å². The molecule has 0 spiro atoms. The fraction of sp³-hybridized carbons (Fsp3) is 1.00. The predicted molar refractivity (Wildman–Crippen MR) is 86.7 cm³/mol. The molecule has 0 saturated carbocycles. The van der Waals surface area contributed by atoms with E-state index in [4.69, 9.17) is 4.74 Å². The molecule has 122 valence electrons.